The number of hydrogen-bond donors (Lipinski definition) is 0. The molecule has 3 atom stereocenters. The summed E-state index contributed by atoms with van der Waals surface area (Å²) in [6.07, 6.45) is 3.59. The smallest absolute Gasteiger partial charge is 0.329 e. The van der Waals surface area contributed by atoms with E-state index in [1.165, 1.54) is 26.0 Å². The minimum atomic E-state index is -1.86. The number of hydrogen-bond acceptors (Lipinski definition) is 5. The van der Waals surface area contributed by atoms with Crippen LogP contribution in [0, 0.1) is 5.92 Å². The van der Waals surface area contributed by atoms with Gasteiger partial charge in [-0.05, 0) is 5.54 Å². The molecule has 0 N–H and O–H groups in total. The molecule has 0 saturated carbocycles. The normalized spacial score (nSPS) is 23.8. The van der Waals surface area contributed by atoms with E-state index < -0.39 is 32.0 Å². The van der Waals surface area contributed by atoms with Gasteiger partial charge in [-0.1, -0.05) is 45.0 Å². The Morgan fingerprint density at radius 2 is 1.50 bits per heavy atom. The average molecular weight is 356 g/mol. The van der Waals surface area contributed by atoms with Crippen molar-refractivity contribution in [2.45, 2.75) is 57.4 Å². The number of carbonyl (C=O) groups excluding carboxylic acids is 3. The largest absolute Gasteiger partial charge is 0.469 e. The fourth-order valence-electron chi connectivity index (χ4n) is 3.90. The Balaban J connectivity index is 3.53. The van der Waals surface area contributed by atoms with Crippen LogP contribution in [0.3, 0.4) is 0 Å². The van der Waals surface area contributed by atoms with Crippen molar-refractivity contribution in [2.75, 3.05) is 14.2 Å². The summed E-state index contributed by atoms with van der Waals surface area (Å²) in [4.78, 5) is 38.3. The van der Waals surface area contributed by atoms with Gasteiger partial charge in [-0.25, -0.2) is 4.79 Å². The van der Waals surface area contributed by atoms with Gasteiger partial charge < -0.3 is 14.4 Å². The molecule has 0 spiro atoms. The topological polar surface area (TPSA) is 72.9 Å². The highest BCUT2D eigenvalue weighted by Crippen LogP contribution is 2.45. The third kappa shape index (κ3) is 3.55. The van der Waals surface area contributed by atoms with Crippen molar-refractivity contribution in [3.05, 3.63) is 12.3 Å². The van der Waals surface area contributed by atoms with Gasteiger partial charge in [0, 0.05) is 13.1 Å². The first-order valence-electron chi connectivity index (χ1n) is 8.46. The van der Waals surface area contributed by atoms with E-state index >= 15 is 0 Å². The predicted octanol–water partition coefficient (Wildman–Crippen LogP) is 2.57. The van der Waals surface area contributed by atoms with Crippen molar-refractivity contribution >= 4 is 25.9 Å². The van der Waals surface area contributed by atoms with Gasteiger partial charge in [0.1, 0.15) is 6.04 Å². The minimum absolute atomic E-state index is 0.0651. The molecule has 7 heteroatoms. The van der Waals surface area contributed by atoms with Gasteiger partial charge in [-0.3, -0.25) is 9.59 Å². The summed E-state index contributed by atoms with van der Waals surface area (Å²) in [5, 5.41) is 0. The van der Waals surface area contributed by atoms with Crippen molar-refractivity contribution in [1.82, 2.24) is 4.90 Å². The van der Waals surface area contributed by atoms with Crippen LogP contribution in [-0.4, -0.2) is 51.1 Å². The highest BCUT2D eigenvalue weighted by molar-refractivity contribution is 6.81. The molecule has 0 aromatic heterocycles. The molecule has 1 rings (SSSR count). The van der Waals surface area contributed by atoms with Gasteiger partial charge in [0.05, 0.1) is 28.2 Å². The molecule has 1 aliphatic rings. The van der Waals surface area contributed by atoms with Crippen LogP contribution in [0.1, 0.15) is 27.7 Å². The summed E-state index contributed by atoms with van der Waals surface area (Å²) in [6.45, 7) is 7.81. The Kier molecular flexibility index (Phi) is 7.20. The Bertz CT molecular complexity index is 507. The predicted molar refractivity (Wildman–Crippen MR) is 93.9 cm³/mol. The third-order valence-corrected chi connectivity index (χ3v) is 11.8. The lowest BCUT2D eigenvalue weighted by atomic mass is 9.91. The second kappa shape index (κ2) is 8.46. The SMILES string of the molecule is CC[Si](CC)(CC)[C@H]1C=CN(C(C)=O)[C@H](C(=O)OC)[C@@H]1C(=O)OC. The van der Waals surface area contributed by atoms with Crippen LogP contribution in [0.5, 0.6) is 0 Å². The van der Waals surface area contributed by atoms with Gasteiger partial charge in [0.15, 0.2) is 0 Å². The van der Waals surface area contributed by atoms with Crippen LogP contribution in [0.2, 0.25) is 23.7 Å². The zero-order chi connectivity index (χ0) is 18.5. The molecule has 1 amide bonds. The number of ether oxygens (including phenoxy) is 2. The first-order chi connectivity index (χ1) is 11.3. The molecule has 0 aromatic rings. The number of amides is 1. The number of nitrogens with zero attached hydrogens (tertiary/aromatic N) is 1. The lowest BCUT2D eigenvalue weighted by Crippen LogP contribution is -2.57. The number of esters is 2. The molecule has 6 nitrogen and oxygen atoms in total. The Hall–Kier alpha value is -1.63. The summed E-state index contributed by atoms with van der Waals surface area (Å²) in [5.74, 6) is -2.06. The maximum atomic E-state index is 12.6. The number of allylic oxidation sites excluding steroid dienone is 1. The molecule has 0 unspecified atom stereocenters. The van der Waals surface area contributed by atoms with Gasteiger partial charge in [-0.15, -0.1) is 0 Å². The number of methoxy groups -OCH3 is 2. The lowest BCUT2D eigenvalue weighted by Gasteiger charge is -2.45. The van der Waals surface area contributed by atoms with E-state index in [9.17, 15) is 14.4 Å². The van der Waals surface area contributed by atoms with Gasteiger partial charge in [0.2, 0.25) is 5.91 Å². The van der Waals surface area contributed by atoms with E-state index in [0.29, 0.717) is 0 Å². The molecule has 1 heterocycles. The van der Waals surface area contributed by atoms with Gasteiger partial charge >= 0.3 is 11.9 Å². The summed E-state index contributed by atoms with van der Waals surface area (Å²) >= 11 is 0. The molecule has 0 radical (unpaired) electrons. The molecule has 0 aliphatic carbocycles. The second-order valence-electron chi connectivity index (χ2n) is 6.23. The molecular weight excluding hydrogens is 326 g/mol. The van der Waals surface area contributed by atoms with E-state index in [1.807, 2.05) is 6.08 Å². The molecule has 1 aliphatic heterocycles. The minimum Gasteiger partial charge on any atom is -0.469 e. The van der Waals surface area contributed by atoms with Crippen molar-refractivity contribution in [3.8, 4) is 0 Å². The number of rotatable bonds is 6. The second-order valence-corrected chi connectivity index (χ2v) is 11.7. The maximum Gasteiger partial charge on any atom is 0.329 e. The third-order valence-electron chi connectivity index (χ3n) is 5.58. The Morgan fingerprint density at radius 1 is 1.00 bits per heavy atom. The van der Waals surface area contributed by atoms with E-state index in [0.717, 1.165) is 18.1 Å². The number of carbonyl (C=O) groups is 3. The molecule has 0 saturated heterocycles. The van der Waals surface area contributed by atoms with E-state index in [-0.39, 0.29) is 11.4 Å². The first-order valence-corrected chi connectivity index (χ1v) is 11.2. The average Bonchev–Trinajstić information content (AvgIpc) is 2.61. The van der Waals surface area contributed by atoms with Gasteiger partial charge in [-0.2, -0.15) is 0 Å². The molecule has 0 aromatic carbocycles. The summed E-state index contributed by atoms with van der Waals surface area (Å²) in [6, 6.07) is 2.02. The van der Waals surface area contributed by atoms with Crippen LogP contribution < -0.4 is 0 Å². The zero-order valence-corrected chi connectivity index (χ0v) is 16.5. The highest BCUT2D eigenvalue weighted by Gasteiger charge is 2.52. The van der Waals surface area contributed by atoms with Gasteiger partial charge in [0.25, 0.3) is 0 Å². The Labute approximate surface area is 145 Å². The van der Waals surface area contributed by atoms with E-state index in [2.05, 4.69) is 20.8 Å². The lowest BCUT2D eigenvalue weighted by molar-refractivity contribution is -0.161. The molecule has 0 fully saturated rings. The maximum absolute atomic E-state index is 12.6. The molecule has 24 heavy (non-hydrogen) atoms. The fraction of sp³-hybridized carbons (Fsp3) is 0.706. The van der Waals surface area contributed by atoms with Crippen molar-refractivity contribution in [3.63, 3.8) is 0 Å². The van der Waals surface area contributed by atoms with Crippen LogP contribution in [-0.2, 0) is 23.9 Å². The summed E-state index contributed by atoms with van der Waals surface area (Å²) in [5.41, 5.74) is -0.0651. The highest BCUT2D eigenvalue weighted by atomic mass is 28.3. The van der Waals surface area contributed by atoms with Crippen molar-refractivity contribution in [1.29, 1.82) is 0 Å². The van der Waals surface area contributed by atoms with Crippen LogP contribution >= 0.6 is 0 Å². The van der Waals surface area contributed by atoms with Crippen molar-refractivity contribution < 1.29 is 23.9 Å². The summed E-state index contributed by atoms with van der Waals surface area (Å²) in [7, 11) is 0.730. The first kappa shape index (κ1) is 20.4. The van der Waals surface area contributed by atoms with Crippen LogP contribution in [0.25, 0.3) is 0 Å². The fourth-order valence-corrected chi connectivity index (χ4v) is 8.39. The van der Waals surface area contributed by atoms with Crippen LogP contribution in [0.15, 0.2) is 12.3 Å². The molecule has 136 valence electrons. The molecular formula is C17H29NO5Si. The van der Waals surface area contributed by atoms with Crippen LogP contribution in [0.4, 0.5) is 0 Å². The monoisotopic (exact) mass is 355 g/mol. The van der Waals surface area contributed by atoms with E-state index in [4.69, 9.17) is 9.47 Å². The van der Waals surface area contributed by atoms with E-state index in [1.54, 1.807) is 6.20 Å². The standard InChI is InChI=1S/C17H29NO5Si/c1-7-24(8-2,9-3)13-10-11-18(12(4)19)15(17(21)23-6)14(13)16(20)22-5/h10-11,13-15H,7-9H2,1-6H3/t13-,14+,15-/m0/s1. The molecule has 0 bridgehead atoms. The zero-order valence-electron chi connectivity index (χ0n) is 15.5. The quantitative estimate of drug-likeness (QED) is 0.541. The summed E-state index contributed by atoms with van der Waals surface area (Å²) < 4.78 is 9.90. The van der Waals surface area contributed by atoms with Crippen molar-refractivity contribution in [2.24, 2.45) is 5.92 Å². The Morgan fingerprint density at radius 3 is 1.88 bits per heavy atom.